The highest BCUT2D eigenvalue weighted by Crippen LogP contribution is 2.61. The number of hydrogen-bond donors (Lipinski definition) is 2. The fraction of sp³-hybridized carbons (Fsp3) is 0.483. The van der Waals surface area contributed by atoms with Gasteiger partial charge in [0.25, 0.3) is 0 Å². The Morgan fingerprint density at radius 1 is 1.27 bits per heavy atom. The van der Waals surface area contributed by atoms with Gasteiger partial charge in [-0.15, -0.1) is 0 Å². The van der Waals surface area contributed by atoms with E-state index in [1.165, 1.54) is 12.1 Å². The number of amides is 1. The summed E-state index contributed by atoms with van der Waals surface area (Å²) in [6.45, 7) is 4.14. The summed E-state index contributed by atoms with van der Waals surface area (Å²) in [4.78, 5) is 29.5. The Labute approximate surface area is 215 Å². The summed E-state index contributed by atoms with van der Waals surface area (Å²) in [6.07, 6.45) is 6.72. The predicted molar refractivity (Wildman–Crippen MR) is 135 cm³/mol. The first-order valence-corrected chi connectivity index (χ1v) is 13.2. The topological polar surface area (TPSA) is 89.5 Å². The Morgan fingerprint density at radius 2 is 2.14 bits per heavy atom. The lowest BCUT2D eigenvalue weighted by Crippen LogP contribution is -2.75. The van der Waals surface area contributed by atoms with E-state index < -0.39 is 0 Å². The minimum absolute atomic E-state index is 0.0557. The lowest BCUT2D eigenvalue weighted by molar-refractivity contribution is -0.144. The van der Waals surface area contributed by atoms with Crippen LogP contribution < -0.4 is 10.6 Å². The molecular formula is C29H32FN3O4. The van der Waals surface area contributed by atoms with Gasteiger partial charge in [0.05, 0.1) is 23.8 Å². The molecule has 1 aromatic heterocycles. The average Bonchev–Trinajstić information content (AvgIpc) is 3.12. The summed E-state index contributed by atoms with van der Waals surface area (Å²) in [5.41, 5.74) is 3.16. The average molecular weight is 506 g/mol. The number of esters is 1. The second-order valence-electron chi connectivity index (χ2n) is 10.8. The van der Waals surface area contributed by atoms with Crippen LogP contribution in [0.3, 0.4) is 0 Å². The van der Waals surface area contributed by atoms with Crippen molar-refractivity contribution < 1.29 is 23.5 Å². The molecule has 0 bridgehead atoms. The fourth-order valence-electron chi connectivity index (χ4n) is 7.34. The van der Waals surface area contributed by atoms with Gasteiger partial charge in [-0.2, -0.15) is 0 Å². The monoisotopic (exact) mass is 505 g/mol. The zero-order valence-electron chi connectivity index (χ0n) is 21.1. The van der Waals surface area contributed by atoms with Crippen LogP contribution >= 0.6 is 0 Å². The molecule has 4 aliphatic rings. The summed E-state index contributed by atoms with van der Waals surface area (Å²) in [5, 5.41) is 6.68. The number of carbonyl (C=O) groups excluding carboxylic acids is 2. The Morgan fingerprint density at radius 3 is 2.89 bits per heavy atom. The molecule has 4 fully saturated rings. The number of rotatable bonds is 4. The number of pyridine rings is 1. The van der Waals surface area contributed by atoms with Crippen molar-refractivity contribution in [1.29, 1.82) is 0 Å². The van der Waals surface area contributed by atoms with Gasteiger partial charge in [-0.3, -0.25) is 9.78 Å². The van der Waals surface area contributed by atoms with Gasteiger partial charge >= 0.3 is 12.1 Å². The predicted octanol–water partition coefficient (Wildman–Crippen LogP) is 4.68. The quantitative estimate of drug-likeness (QED) is 0.587. The van der Waals surface area contributed by atoms with Gasteiger partial charge in [0.1, 0.15) is 11.9 Å². The molecule has 1 aromatic carbocycles. The maximum Gasteiger partial charge on any atom is 0.407 e. The van der Waals surface area contributed by atoms with Crippen molar-refractivity contribution in [1.82, 2.24) is 15.6 Å². The molecular weight excluding hydrogens is 473 g/mol. The van der Waals surface area contributed by atoms with Crippen LogP contribution in [0, 0.1) is 29.5 Å². The minimum atomic E-state index is -0.382. The first kappa shape index (κ1) is 23.9. The lowest BCUT2D eigenvalue weighted by atomic mass is 9.49. The van der Waals surface area contributed by atoms with E-state index in [4.69, 9.17) is 9.47 Å². The number of nitrogens with zero attached hydrogens (tertiary/aromatic N) is 1. The number of halogens is 1. The number of ether oxygens (including phenoxy) is 2. The van der Waals surface area contributed by atoms with Gasteiger partial charge in [0.2, 0.25) is 0 Å². The number of aromatic nitrogens is 1. The molecule has 2 aromatic rings. The molecule has 6 rings (SSSR count). The van der Waals surface area contributed by atoms with Crippen LogP contribution in [0.1, 0.15) is 45.2 Å². The number of hydrogen-bond acceptors (Lipinski definition) is 6. The maximum atomic E-state index is 13.6. The highest BCUT2D eigenvalue weighted by Gasteiger charge is 2.71. The number of fused-ring (bicyclic) bond motifs is 2. The first-order valence-electron chi connectivity index (χ1n) is 13.2. The second kappa shape index (κ2) is 9.15. The zero-order chi connectivity index (χ0) is 25.7. The minimum Gasteiger partial charge on any atom is -0.460 e. The highest BCUT2D eigenvalue weighted by molar-refractivity contribution is 5.79. The summed E-state index contributed by atoms with van der Waals surface area (Å²) < 4.78 is 24.5. The van der Waals surface area contributed by atoms with E-state index in [0.717, 1.165) is 48.2 Å². The standard InChI is InChI=1S/C29H32FN3O4/c1-3-36-28(35)32-22-9-10-23-19(12-22)13-24-27(34)37-16(2)29(24)26(23)25(33-29)14-21-8-7-18(15-31-21)17-5-4-6-20(30)11-17/h4-8,11,14-16,19,22-24,26,33H,3,9-10,12-13H2,1-2H3,(H,32,35)/b25-14-/t16-,19-,22+,23-,24+,26-,29-/m1/s1. The number of nitrogens with one attached hydrogen (secondary N) is 2. The largest absolute Gasteiger partial charge is 0.460 e. The van der Waals surface area contributed by atoms with Gasteiger partial charge in [-0.25, -0.2) is 9.18 Å². The fourth-order valence-corrected chi connectivity index (χ4v) is 7.34. The Kier molecular flexibility index (Phi) is 5.92. The number of carbonyl (C=O) groups is 2. The lowest BCUT2D eigenvalue weighted by Gasteiger charge is -2.63. The van der Waals surface area contributed by atoms with Crippen LogP contribution in [0.4, 0.5) is 9.18 Å². The van der Waals surface area contributed by atoms with Crippen molar-refractivity contribution in [2.75, 3.05) is 6.61 Å². The van der Waals surface area contributed by atoms with Crippen molar-refractivity contribution in [3.8, 4) is 11.1 Å². The van der Waals surface area contributed by atoms with Crippen LogP contribution in [-0.2, 0) is 14.3 Å². The SMILES string of the molecule is CCOC(=O)N[C@H]1CC[C@@H]2[C@H](C1)C[C@H]1C(=O)O[C@H](C)[C@@]13N/C(=C\c1ccc(-c4cccc(F)c4)cn1)[C@@H]23. The van der Waals surface area contributed by atoms with E-state index >= 15 is 0 Å². The molecule has 194 valence electrons. The molecule has 2 aliphatic carbocycles. The van der Waals surface area contributed by atoms with Crippen LogP contribution in [0.15, 0.2) is 48.3 Å². The summed E-state index contributed by atoms with van der Waals surface area (Å²) in [7, 11) is 0. The molecule has 0 unspecified atom stereocenters. The third-order valence-electron chi connectivity index (χ3n) is 8.89. The Bertz CT molecular complexity index is 1250. The maximum absolute atomic E-state index is 13.6. The third kappa shape index (κ3) is 3.97. The summed E-state index contributed by atoms with van der Waals surface area (Å²) in [6, 6.07) is 10.4. The molecule has 2 saturated carbocycles. The second-order valence-corrected chi connectivity index (χ2v) is 10.8. The Hall–Kier alpha value is -3.42. The van der Waals surface area contributed by atoms with Crippen molar-refractivity contribution in [2.24, 2.45) is 23.7 Å². The molecule has 3 heterocycles. The highest BCUT2D eigenvalue weighted by atomic mass is 19.1. The zero-order valence-corrected chi connectivity index (χ0v) is 21.1. The molecule has 2 saturated heterocycles. The van der Waals surface area contributed by atoms with Gasteiger partial charge in [-0.1, -0.05) is 18.2 Å². The molecule has 2 N–H and O–H groups in total. The van der Waals surface area contributed by atoms with Crippen molar-refractivity contribution >= 4 is 18.1 Å². The van der Waals surface area contributed by atoms with Crippen LogP contribution in [-0.4, -0.2) is 41.3 Å². The van der Waals surface area contributed by atoms with Gasteiger partial charge in [0, 0.05) is 29.4 Å². The normalized spacial score (nSPS) is 34.8. The molecule has 0 radical (unpaired) electrons. The van der Waals surface area contributed by atoms with Crippen molar-refractivity contribution in [2.45, 2.75) is 57.2 Å². The molecule has 7 atom stereocenters. The van der Waals surface area contributed by atoms with Crippen molar-refractivity contribution in [3.63, 3.8) is 0 Å². The molecule has 2 aliphatic heterocycles. The van der Waals surface area contributed by atoms with Gasteiger partial charge in [0.15, 0.2) is 0 Å². The Balaban J connectivity index is 1.25. The summed E-state index contributed by atoms with van der Waals surface area (Å²) in [5.74, 6) is 0.286. The number of cyclic esters (lactones) is 1. The van der Waals surface area contributed by atoms with E-state index in [0.29, 0.717) is 18.4 Å². The van der Waals surface area contributed by atoms with Crippen LogP contribution in [0.5, 0.6) is 0 Å². The van der Waals surface area contributed by atoms with E-state index in [9.17, 15) is 14.0 Å². The first-order chi connectivity index (χ1) is 17.9. The number of alkyl carbamates (subject to hydrolysis) is 1. The number of benzene rings is 1. The van der Waals surface area contributed by atoms with E-state index in [-0.39, 0.29) is 47.4 Å². The van der Waals surface area contributed by atoms with E-state index in [2.05, 4.69) is 21.7 Å². The molecule has 1 amide bonds. The van der Waals surface area contributed by atoms with Crippen LogP contribution in [0.2, 0.25) is 0 Å². The van der Waals surface area contributed by atoms with Gasteiger partial charge < -0.3 is 20.1 Å². The summed E-state index contributed by atoms with van der Waals surface area (Å²) >= 11 is 0. The molecule has 1 spiro atoms. The molecule has 8 heteroatoms. The van der Waals surface area contributed by atoms with E-state index in [1.807, 2.05) is 25.1 Å². The molecule has 7 nitrogen and oxygen atoms in total. The molecule has 37 heavy (non-hydrogen) atoms. The van der Waals surface area contributed by atoms with Gasteiger partial charge in [-0.05, 0) is 81.2 Å². The van der Waals surface area contributed by atoms with Crippen molar-refractivity contribution in [3.05, 3.63) is 59.8 Å². The third-order valence-corrected chi connectivity index (χ3v) is 8.89. The van der Waals surface area contributed by atoms with E-state index in [1.54, 1.807) is 19.2 Å². The van der Waals surface area contributed by atoms with Crippen LogP contribution in [0.25, 0.3) is 17.2 Å². The smallest absolute Gasteiger partial charge is 0.407 e.